The number of hydrogen-bond donors (Lipinski definition) is 1. The maximum Gasteiger partial charge on any atom is 0.133 e. The van der Waals surface area contributed by atoms with Crippen LogP contribution < -0.4 is 5.73 Å². The van der Waals surface area contributed by atoms with Gasteiger partial charge in [-0.25, -0.2) is 8.78 Å². The first-order chi connectivity index (χ1) is 5.66. The first-order valence-corrected chi connectivity index (χ1v) is 3.75. The van der Waals surface area contributed by atoms with Gasteiger partial charge in [0.25, 0.3) is 0 Å². The molecule has 66 valence electrons. The summed E-state index contributed by atoms with van der Waals surface area (Å²) in [7, 11) is 0. The molecule has 0 aliphatic heterocycles. The molecule has 0 saturated heterocycles. The highest BCUT2D eigenvalue weighted by Crippen LogP contribution is 2.18. The molecule has 0 amide bonds. The lowest BCUT2D eigenvalue weighted by Crippen LogP contribution is -2.08. The third kappa shape index (κ3) is 1.61. The van der Waals surface area contributed by atoms with E-state index in [9.17, 15) is 8.78 Å². The molecule has 0 spiro atoms. The molecule has 0 aliphatic carbocycles. The van der Waals surface area contributed by atoms with Crippen LogP contribution in [0, 0.1) is 5.82 Å². The smallest absolute Gasteiger partial charge is 0.133 e. The summed E-state index contributed by atoms with van der Waals surface area (Å²) in [5.41, 5.74) is 5.92. The fraction of sp³-hybridized carbons (Fsp3) is 0.333. The van der Waals surface area contributed by atoms with Crippen LogP contribution in [0.5, 0.6) is 0 Å². The molecule has 2 N–H and O–H groups in total. The fourth-order valence-corrected chi connectivity index (χ4v) is 1.05. The third-order valence-electron chi connectivity index (χ3n) is 1.74. The van der Waals surface area contributed by atoms with Crippen LogP contribution in [0.2, 0.25) is 0 Å². The van der Waals surface area contributed by atoms with E-state index in [2.05, 4.69) is 0 Å². The van der Waals surface area contributed by atoms with Gasteiger partial charge in [0.2, 0.25) is 0 Å². The van der Waals surface area contributed by atoms with E-state index in [0.717, 1.165) is 0 Å². The van der Waals surface area contributed by atoms with Crippen LogP contribution in [0.25, 0.3) is 0 Å². The Bertz CT molecular complexity index is 271. The standard InChI is InChI=1S/C9H11F2N/c1-6(12)8-4-2-3-7(5-10)9(8)11/h2-4,6H,5,12H2,1H3/t6-/m1/s1. The van der Waals surface area contributed by atoms with Crippen molar-refractivity contribution < 1.29 is 8.78 Å². The lowest BCUT2D eigenvalue weighted by atomic mass is 10.1. The Morgan fingerprint density at radius 2 is 2.17 bits per heavy atom. The molecular weight excluding hydrogens is 160 g/mol. The van der Waals surface area contributed by atoms with Crippen LogP contribution in [0.15, 0.2) is 18.2 Å². The topological polar surface area (TPSA) is 26.0 Å². The average Bonchev–Trinajstić information content (AvgIpc) is 2.04. The van der Waals surface area contributed by atoms with Crippen LogP contribution in [-0.2, 0) is 6.67 Å². The van der Waals surface area contributed by atoms with Crippen molar-refractivity contribution in [3.8, 4) is 0 Å². The Morgan fingerprint density at radius 3 is 2.67 bits per heavy atom. The quantitative estimate of drug-likeness (QED) is 0.726. The van der Waals surface area contributed by atoms with Crippen LogP contribution >= 0.6 is 0 Å². The maximum atomic E-state index is 13.2. The summed E-state index contributed by atoms with van der Waals surface area (Å²) in [6, 6.07) is 4.20. The molecule has 0 bridgehead atoms. The highest BCUT2D eigenvalue weighted by atomic mass is 19.1. The molecule has 0 fully saturated rings. The normalized spacial score (nSPS) is 13.0. The monoisotopic (exact) mass is 171 g/mol. The zero-order chi connectivity index (χ0) is 9.14. The van der Waals surface area contributed by atoms with Crippen LogP contribution in [0.4, 0.5) is 8.78 Å². The molecule has 1 aromatic carbocycles. The van der Waals surface area contributed by atoms with Gasteiger partial charge in [0.15, 0.2) is 0 Å². The van der Waals surface area contributed by atoms with Gasteiger partial charge in [-0.15, -0.1) is 0 Å². The predicted octanol–water partition coefficient (Wildman–Crippen LogP) is 2.31. The van der Waals surface area contributed by atoms with Crippen molar-refractivity contribution in [1.29, 1.82) is 0 Å². The van der Waals surface area contributed by atoms with Crippen molar-refractivity contribution in [3.05, 3.63) is 35.1 Å². The van der Waals surface area contributed by atoms with E-state index in [1.54, 1.807) is 19.1 Å². The summed E-state index contributed by atoms with van der Waals surface area (Å²) >= 11 is 0. The summed E-state index contributed by atoms with van der Waals surface area (Å²) in [5.74, 6) is -0.519. The van der Waals surface area contributed by atoms with Crippen molar-refractivity contribution in [2.75, 3.05) is 0 Å². The first-order valence-electron chi connectivity index (χ1n) is 3.75. The van der Waals surface area contributed by atoms with Crippen LogP contribution in [0.3, 0.4) is 0 Å². The Balaban J connectivity index is 3.14. The van der Waals surface area contributed by atoms with Gasteiger partial charge in [0.1, 0.15) is 12.5 Å². The van der Waals surface area contributed by atoms with Gasteiger partial charge in [-0.2, -0.15) is 0 Å². The lowest BCUT2D eigenvalue weighted by molar-refractivity contribution is 0.459. The van der Waals surface area contributed by atoms with Crippen molar-refractivity contribution in [1.82, 2.24) is 0 Å². The second-order valence-corrected chi connectivity index (χ2v) is 2.74. The number of rotatable bonds is 2. The molecule has 12 heavy (non-hydrogen) atoms. The SMILES string of the molecule is C[C@@H](N)c1cccc(CF)c1F. The first kappa shape index (κ1) is 9.13. The number of alkyl halides is 1. The Labute approximate surface area is 70.2 Å². The van der Waals surface area contributed by atoms with Gasteiger partial charge in [0, 0.05) is 17.2 Å². The molecule has 0 radical (unpaired) electrons. The molecular formula is C9H11F2N. The highest BCUT2D eigenvalue weighted by molar-refractivity contribution is 5.27. The molecule has 0 aliphatic rings. The predicted molar refractivity (Wildman–Crippen MR) is 43.8 cm³/mol. The zero-order valence-electron chi connectivity index (χ0n) is 6.85. The Hall–Kier alpha value is -0.960. The summed E-state index contributed by atoms with van der Waals surface area (Å²) < 4.78 is 25.4. The molecule has 1 aromatic rings. The lowest BCUT2D eigenvalue weighted by Gasteiger charge is -2.08. The van der Waals surface area contributed by atoms with Gasteiger partial charge in [-0.05, 0) is 6.92 Å². The highest BCUT2D eigenvalue weighted by Gasteiger charge is 2.09. The summed E-state index contributed by atoms with van der Waals surface area (Å²) in [6.07, 6.45) is 0. The molecule has 1 atom stereocenters. The van der Waals surface area contributed by atoms with Gasteiger partial charge in [0.05, 0.1) is 0 Å². The average molecular weight is 171 g/mol. The van der Waals surface area contributed by atoms with E-state index in [4.69, 9.17) is 5.73 Å². The van der Waals surface area contributed by atoms with E-state index in [1.165, 1.54) is 6.07 Å². The summed E-state index contributed by atoms with van der Waals surface area (Å²) in [6.45, 7) is 0.882. The molecule has 0 heterocycles. The summed E-state index contributed by atoms with van der Waals surface area (Å²) in [5, 5.41) is 0. The largest absolute Gasteiger partial charge is 0.324 e. The van der Waals surface area contributed by atoms with Gasteiger partial charge in [-0.3, -0.25) is 0 Å². The van der Waals surface area contributed by atoms with E-state index < -0.39 is 18.5 Å². The molecule has 0 aromatic heterocycles. The Morgan fingerprint density at radius 1 is 1.50 bits per heavy atom. The van der Waals surface area contributed by atoms with Gasteiger partial charge < -0.3 is 5.73 Å². The van der Waals surface area contributed by atoms with Crippen molar-refractivity contribution in [3.63, 3.8) is 0 Å². The minimum atomic E-state index is -0.785. The van der Waals surface area contributed by atoms with Gasteiger partial charge in [-0.1, -0.05) is 18.2 Å². The minimum Gasteiger partial charge on any atom is -0.324 e. The third-order valence-corrected chi connectivity index (χ3v) is 1.74. The maximum absolute atomic E-state index is 13.2. The van der Waals surface area contributed by atoms with E-state index in [0.29, 0.717) is 5.56 Å². The van der Waals surface area contributed by atoms with E-state index in [-0.39, 0.29) is 5.56 Å². The number of nitrogens with two attached hydrogens (primary N) is 1. The molecule has 3 heteroatoms. The molecule has 0 unspecified atom stereocenters. The second-order valence-electron chi connectivity index (χ2n) is 2.74. The minimum absolute atomic E-state index is 0.0739. The van der Waals surface area contributed by atoms with Crippen LogP contribution in [-0.4, -0.2) is 0 Å². The number of halogens is 2. The van der Waals surface area contributed by atoms with Gasteiger partial charge >= 0.3 is 0 Å². The second kappa shape index (κ2) is 3.63. The zero-order valence-corrected chi connectivity index (χ0v) is 6.85. The Kier molecular flexibility index (Phi) is 2.76. The fourth-order valence-electron chi connectivity index (χ4n) is 1.05. The molecule has 0 saturated carbocycles. The molecule has 1 rings (SSSR count). The van der Waals surface area contributed by atoms with Crippen molar-refractivity contribution in [2.24, 2.45) is 5.73 Å². The number of hydrogen-bond acceptors (Lipinski definition) is 1. The number of benzene rings is 1. The van der Waals surface area contributed by atoms with Crippen molar-refractivity contribution in [2.45, 2.75) is 19.6 Å². The van der Waals surface area contributed by atoms with E-state index in [1.807, 2.05) is 0 Å². The van der Waals surface area contributed by atoms with E-state index >= 15 is 0 Å². The summed E-state index contributed by atoms with van der Waals surface area (Å²) in [4.78, 5) is 0. The molecule has 1 nitrogen and oxygen atoms in total. The van der Waals surface area contributed by atoms with Crippen molar-refractivity contribution >= 4 is 0 Å². The van der Waals surface area contributed by atoms with Crippen LogP contribution in [0.1, 0.15) is 24.1 Å².